The summed E-state index contributed by atoms with van der Waals surface area (Å²) < 4.78 is 5.26. The molecule has 3 unspecified atom stereocenters. The molecule has 0 N–H and O–H groups in total. The lowest BCUT2D eigenvalue weighted by Crippen LogP contribution is -2.23. The zero-order valence-electron chi connectivity index (χ0n) is 8.51. The third kappa shape index (κ3) is 1.59. The fraction of sp³-hybridized carbons (Fsp3) is 0.909. The molecule has 1 saturated carbocycles. The lowest BCUT2D eigenvalue weighted by Gasteiger charge is -2.29. The summed E-state index contributed by atoms with van der Waals surface area (Å²) in [5.41, 5.74) is 0.388. The van der Waals surface area contributed by atoms with Gasteiger partial charge in [-0.25, -0.2) is 0 Å². The molecule has 1 saturated heterocycles. The van der Waals surface area contributed by atoms with Crippen LogP contribution in [0.1, 0.15) is 46.0 Å². The summed E-state index contributed by atoms with van der Waals surface area (Å²) in [6.45, 7) is 4.53. The van der Waals surface area contributed by atoms with Crippen molar-refractivity contribution in [3.63, 3.8) is 0 Å². The molecule has 3 atom stereocenters. The van der Waals surface area contributed by atoms with E-state index < -0.39 is 0 Å². The van der Waals surface area contributed by atoms with Crippen LogP contribution in [0.2, 0.25) is 0 Å². The number of hydrogen-bond donors (Lipinski definition) is 0. The minimum Gasteiger partial charge on any atom is -0.462 e. The van der Waals surface area contributed by atoms with Crippen LogP contribution in [0.5, 0.6) is 0 Å². The second-order valence-corrected chi connectivity index (χ2v) is 4.90. The smallest absolute Gasteiger partial charge is 0.309 e. The fourth-order valence-electron chi connectivity index (χ4n) is 2.59. The van der Waals surface area contributed by atoms with Crippen LogP contribution >= 0.6 is 0 Å². The zero-order valence-corrected chi connectivity index (χ0v) is 8.51. The molecule has 2 nitrogen and oxygen atoms in total. The van der Waals surface area contributed by atoms with Crippen LogP contribution < -0.4 is 0 Å². The van der Waals surface area contributed by atoms with Crippen molar-refractivity contribution in [1.82, 2.24) is 0 Å². The van der Waals surface area contributed by atoms with Crippen molar-refractivity contribution in [3.8, 4) is 0 Å². The first-order valence-corrected chi connectivity index (χ1v) is 5.33. The molecular formula is C11H18O2. The Morgan fingerprint density at radius 3 is 3.08 bits per heavy atom. The molecule has 2 rings (SSSR count). The Labute approximate surface area is 79.7 Å². The van der Waals surface area contributed by atoms with E-state index in [0.717, 1.165) is 19.3 Å². The SMILES string of the molecule is CCC1(C)CCC2CC(C1)C(=O)O2. The second kappa shape index (κ2) is 3.00. The highest BCUT2D eigenvalue weighted by atomic mass is 16.5. The van der Waals surface area contributed by atoms with Gasteiger partial charge in [-0.2, -0.15) is 0 Å². The second-order valence-electron chi connectivity index (χ2n) is 4.90. The van der Waals surface area contributed by atoms with E-state index in [1.807, 2.05) is 0 Å². The molecule has 0 aromatic rings. The van der Waals surface area contributed by atoms with Crippen molar-refractivity contribution >= 4 is 5.97 Å². The molecule has 13 heavy (non-hydrogen) atoms. The van der Waals surface area contributed by atoms with Gasteiger partial charge in [0.25, 0.3) is 0 Å². The molecule has 2 fully saturated rings. The molecule has 0 aromatic heterocycles. The van der Waals surface area contributed by atoms with E-state index >= 15 is 0 Å². The largest absolute Gasteiger partial charge is 0.462 e. The zero-order chi connectivity index (χ0) is 9.47. The van der Waals surface area contributed by atoms with Gasteiger partial charge in [0.2, 0.25) is 0 Å². The number of esters is 1. The Bertz CT molecular complexity index is 224. The van der Waals surface area contributed by atoms with E-state index in [2.05, 4.69) is 13.8 Å². The maximum absolute atomic E-state index is 11.4. The Morgan fingerprint density at radius 2 is 2.38 bits per heavy atom. The van der Waals surface area contributed by atoms with E-state index in [1.54, 1.807) is 0 Å². The van der Waals surface area contributed by atoms with Gasteiger partial charge < -0.3 is 4.74 Å². The summed E-state index contributed by atoms with van der Waals surface area (Å²) in [6.07, 6.45) is 5.74. The number of fused-ring (bicyclic) bond motifs is 2. The molecular weight excluding hydrogens is 164 g/mol. The van der Waals surface area contributed by atoms with Crippen LogP contribution in [-0.4, -0.2) is 12.1 Å². The van der Waals surface area contributed by atoms with Gasteiger partial charge in [-0.05, 0) is 31.1 Å². The quantitative estimate of drug-likeness (QED) is 0.582. The van der Waals surface area contributed by atoms with Crippen molar-refractivity contribution in [2.45, 2.75) is 52.1 Å². The standard InChI is InChI=1S/C11H18O2/c1-3-11(2)5-4-9-6-8(7-11)10(12)13-9/h8-9H,3-7H2,1-2H3. The minimum absolute atomic E-state index is 0.0596. The highest BCUT2D eigenvalue weighted by Gasteiger charge is 2.42. The summed E-state index contributed by atoms with van der Waals surface area (Å²) in [7, 11) is 0. The van der Waals surface area contributed by atoms with Crippen LogP contribution in [0.4, 0.5) is 0 Å². The van der Waals surface area contributed by atoms with Crippen LogP contribution in [0.3, 0.4) is 0 Å². The predicted octanol–water partition coefficient (Wildman–Crippen LogP) is 2.52. The van der Waals surface area contributed by atoms with Crippen molar-refractivity contribution in [2.75, 3.05) is 0 Å². The number of ether oxygens (including phenoxy) is 1. The molecule has 0 aromatic carbocycles. The molecule has 0 radical (unpaired) electrons. The molecule has 74 valence electrons. The number of carbonyl (C=O) groups is 1. The monoisotopic (exact) mass is 182 g/mol. The summed E-state index contributed by atoms with van der Waals surface area (Å²) >= 11 is 0. The van der Waals surface area contributed by atoms with Gasteiger partial charge in [0.15, 0.2) is 0 Å². The Morgan fingerprint density at radius 1 is 1.62 bits per heavy atom. The molecule has 2 heteroatoms. The highest BCUT2D eigenvalue weighted by molar-refractivity contribution is 5.74. The summed E-state index contributed by atoms with van der Waals surface area (Å²) in [6, 6.07) is 0. The van der Waals surface area contributed by atoms with Gasteiger partial charge in [0.1, 0.15) is 6.10 Å². The average Bonchev–Trinajstić information content (AvgIpc) is 2.33. The molecule has 1 aliphatic heterocycles. The lowest BCUT2D eigenvalue weighted by atomic mass is 9.77. The summed E-state index contributed by atoms with van der Waals surface area (Å²) in [5, 5.41) is 0. The van der Waals surface area contributed by atoms with Crippen molar-refractivity contribution < 1.29 is 9.53 Å². The van der Waals surface area contributed by atoms with Gasteiger partial charge in [-0.15, -0.1) is 0 Å². The molecule has 0 amide bonds. The third-order valence-corrected chi connectivity index (χ3v) is 3.83. The maximum Gasteiger partial charge on any atom is 0.309 e. The molecule has 1 heterocycles. The van der Waals surface area contributed by atoms with Crippen LogP contribution in [0.25, 0.3) is 0 Å². The molecule has 2 aliphatic rings. The molecule has 1 aliphatic carbocycles. The first kappa shape index (κ1) is 9.04. The van der Waals surface area contributed by atoms with Gasteiger partial charge in [0.05, 0.1) is 5.92 Å². The average molecular weight is 182 g/mol. The minimum atomic E-state index is 0.0596. The van der Waals surface area contributed by atoms with Crippen molar-refractivity contribution in [3.05, 3.63) is 0 Å². The molecule has 2 bridgehead atoms. The Hall–Kier alpha value is -0.530. The first-order valence-electron chi connectivity index (χ1n) is 5.33. The molecule has 0 spiro atoms. The van der Waals surface area contributed by atoms with E-state index in [1.165, 1.54) is 12.8 Å². The van der Waals surface area contributed by atoms with E-state index in [-0.39, 0.29) is 18.0 Å². The third-order valence-electron chi connectivity index (χ3n) is 3.83. The number of hydrogen-bond acceptors (Lipinski definition) is 2. The maximum atomic E-state index is 11.4. The van der Waals surface area contributed by atoms with E-state index in [0.29, 0.717) is 5.41 Å². The van der Waals surface area contributed by atoms with Crippen molar-refractivity contribution in [2.24, 2.45) is 11.3 Å². The first-order chi connectivity index (χ1) is 6.13. The topological polar surface area (TPSA) is 26.3 Å². The van der Waals surface area contributed by atoms with E-state index in [9.17, 15) is 4.79 Å². The number of carbonyl (C=O) groups excluding carboxylic acids is 1. The van der Waals surface area contributed by atoms with Gasteiger partial charge in [0, 0.05) is 0 Å². The highest BCUT2D eigenvalue weighted by Crippen LogP contribution is 2.44. The van der Waals surface area contributed by atoms with Crippen molar-refractivity contribution in [1.29, 1.82) is 0 Å². The summed E-state index contributed by atoms with van der Waals surface area (Å²) in [4.78, 5) is 11.4. The normalized spacial score (nSPS) is 44.3. The summed E-state index contributed by atoms with van der Waals surface area (Å²) in [5.74, 6) is 0.266. The Kier molecular flexibility index (Phi) is 2.09. The van der Waals surface area contributed by atoms with Crippen LogP contribution in [-0.2, 0) is 9.53 Å². The van der Waals surface area contributed by atoms with Gasteiger partial charge >= 0.3 is 5.97 Å². The Balaban J connectivity index is 2.13. The number of rotatable bonds is 1. The van der Waals surface area contributed by atoms with Crippen LogP contribution in [0.15, 0.2) is 0 Å². The van der Waals surface area contributed by atoms with E-state index in [4.69, 9.17) is 4.74 Å². The predicted molar refractivity (Wildman–Crippen MR) is 50.2 cm³/mol. The fourth-order valence-corrected chi connectivity index (χ4v) is 2.59. The van der Waals surface area contributed by atoms with Gasteiger partial charge in [-0.3, -0.25) is 4.79 Å². The van der Waals surface area contributed by atoms with Crippen LogP contribution in [0, 0.1) is 11.3 Å². The van der Waals surface area contributed by atoms with Gasteiger partial charge in [-0.1, -0.05) is 20.3 Å². The lowest BCUT2D eigenvalue weighted by molar-refractivity contribution is -0.146.